The fourth-order valence-electron chi connectivity index (χ4n) is 1.40. The molecule has 0 radical (unpaired) electrons. The Kier molecular flexibility index (Phi) is 5.05. The van der Waals surface area contributed by atoms with Crippen molar-refractivity contribution >= 4 is 34.0 Å². The van der Waals surface area contributed by atoms with Crippen molar-refractivity contribution in [1.29, 1.82) is 0 Å². The number of thiocarbonyl (C=S) groups is 1. The van der Waals surface area contributed by atoms with Gasteiger partial charge in [-0.25, -0.2) is 0 Å². The van der Waals surface area contributed by atoms with Crippen molar-refractivity contribution in [3.05, 3.63) is 66.2 Å². The first-order valence-electron chi connectivity index (χ1n) is 5.62. The molecule has 0 aromatic heterocycles. The molecular formula is C14H14N2S2. The lowest BCUT2D eigenvalue weighted by Gasteiger charge is -2.10. The van der Waals surface area contributed by atoms with E-state index in [0.29, 0.717) is 0 Å². The van der Waals surface area contributed by atoms with E-state index in [2.05, 4.69) is 23.0 Å². The Bertz CT molecular complexity index is 440. The molecule has 2 N–H and O–H groups in total. The summed E-state index contributed by atoms with van der Waals surface area (Å²) >= 11 is 6.85. The van der Waals surface area contributed by atoms with Crippen LogP contribution < -0.4 is 10.9 Å². The molecule has 92 valence electrons. The monoisotopic (exact) mass is 274 g/mol. The lowest BCUT2D eigenvalue weighted by atomic mass is 10.2. The van der Waals surface area contributed by atoms with Crippen LogP contribution in [0.3, 0.4) is 0 Å². The molecule has 0 aliphatic rings. The normalized spacial score (nSPS) is 9.78. The van der Waals surface area contributed by atoms with E-state index >= 15 is 0 Å². The fourth-order valence-corrected chi connectivity index (χ4v) is 2.25. The van der Waals surface area contributed by atoms with Gasteiger partial charge in [0.25, 0.3) is 0 Å². The number of anilines is 1. The molecule has 0 atom stereocenters. The standard InChI is InChI=1S/C14H14N2S2/c17-14(16-15-13-9-5-2-6-10-13)18-11-12-7-3-1-4-8-12/h1-10,15H,11H2,(H,16,17). The molecule has 18 heavy (non-hydrogen) atoms. The summed E-state index contributed by atoms with van der Waals surface area (Å²) < 4.78 is 0.739. The Balaban J connectivity index is 1.73. The van der Waals surface area contributed by atoms with E-state index in [1.165, 1.54) is 5.56 Å². The molecule has 0 saturated carbocycles. The SMILES string of the molecule is S=C(NNc1ccccc1)SCc1ccccc1. The molecule has 0 heterocycles. The van der Waals surface area contributed by atoms with Gasteiger partial charge in [-0.1, -0.05) is 72.5 Å². The first-order chi connectivity index (χ1) is 8.84. The van der Waals surface area contributed by atoms with E-state index in [1.807, 2.05) is 48.5 Å². The third-order valence-corrected chi connectivity index (χ3v) is 3.59. The molecule has 0 bridgehead atoms. The summed E-state index contributed by atoms with van der Waals surface area (Å²) in [4.78, 5) is 0. The van der Waals surface area contributed by atoms with Crippen LogP contribution in [0.4, 0.5) is 5.69 Å². The average Bonchev–Trinajstić information content (AvgIpc) is 2.45. The van der Waals surface area contributed by atoms with Gasteiger partial charge in [0.2, 0.25) is 0 Å². The quantitative estimate of drug-likeness (QED) is 0.654. The maximum Gasteiger partial charge on any atom is 0.152 e. The van der Waals surface area contributed by atoms with Crippen LogP contribution in [0.25, 0.3) is 0 Å². The zero-order chi connectivity index (χ0) is 12.6. The molecule has 2 nitrogen and oxygen atoms in total. The fraction of sp³-hybridized carbons (Fsp3) is 0.0714. The highest BCUT2D eigenvalue weighted by Crippen LogP contribution is 2.12. The van der Waals surface area contributed by atoms with Crippen molar-refractivity contribution in [3.63, 3.8) is 0 Å². The molecular weight excluding hydrogens is 260 g/mol. The molecule has 0 aliphatic heterocycles. The molecule has 0 aliphatic carbocycles. The summed E-state index contributed by atoms with van der Waals surface area (Å²) in [5, 5.41) is 0. The first kappa shape index (κ1) is 12.9. The van der Waals surface area contributed by atoms with E-state index in [9.17, 15) is 0 Å². The van der Waals surface area contributed by atoms with Crippen LogP contribution in [0.1, 0.15) is 5.56 Å². The zero-order valence-corrected chi connectivity index (χ0v) is 11.4. The Hall–Kier alpha value is -1.52. The number of hydrazine groups is 1. The molecule has 0 amide bonds. The van der Waals surface area contributed by atoms with Crippen molar-refractivity contribution in [2.45, 2.75) is 5.75 Å². The van der Waals surface area contributed by atoms with Crippen LogP contribution in [0.15, 0.2) is 60.7 Å². The smallest absolute Gasteiger partial charge is 0.152 e. The van der Waals surface area contributed by atoms with Gasteiger partial charge in [-0.2, -0.15) is 0 Å². The Morgan fingerprint density at radius 3 is 2.22 bits per heavy atom. The number of nitrogens with one attached hydrogen (secondary N) is 2. The molecule has 0 unspecified atom stereocenters. The number of hydrogen-bond acceptors (Lipinski definition) is 3. The molecule has 4 heteroatoms. The van der Waals surface area contributed by atoms with Crippen molar-refractivity contribution in [2.24, 2.45) is 0 Å². The van der Waals surface area contributed by atoms with Gasteiger partial charge in [0.15, 0.2) is 4.32 Å². The van der Waals surface area contributed by atoms with Crippen LogP contribution in [0, 0.1) is 0 Å². The highest BCUT2D eigenvalue weighted by Gasteiger charge is 1.98. The number of benzene rings is 2. The van der Waals surface area contributed by atoms with Gasteiger partial charge in [-0.3, -0.25) is 10.9 Å². The second-order valence-corrected chi connectivity index (χ2v) is 5.33. The minimum Gasteiger partial charge on any atom is -0.300 e. The maximum atomic E-state index is 5.24. The molecule has 0 spiro atoms. The molecule has 0 saturated heterocycles. The number of rotatable bonds is 4. The summed E-state index contributed by atoms with van der Waals surface area (Å²) in [7, 11) is 0. The Morgan fingerprint density at radius 2 is 1.56 bits per heavy atom. The van der Waals surface area contributed by atoms with Crippen molar-refractivity contribution in [1.82, 2.24) is 5.43 Å². The lowest BCUT2D eigenvalue weighted by Crippen LogP contribution is -2.25. The predicted molar refractivity (Wildman–Crippen MR) is 83.5 cm³/mol. The van der Waals surface area contributed by atoms with Gasteiger partial charge in [0.1, 0.15) is 0 Å². The molecule has 2 rings (SSSR count). The molecule has 0 fully saturated rings. The van der Waals surface area contributed by atoms with Crippen molar-refractivity contribution < 1.29 is 0 Å². The van der Waals surface area contributed by atoms with Gasteiger partial charge in [-0.05, 0) is 17.7 Å². The van der Waals surface area contributed by atoms with Crippen LogP contribution in [-0.2, 0) is 5.75 Å². The van der Waals surface area contributed by atoms with Crippen molar-refractivity contribution in [3.8, 4) is 0 Å². The van der Waals surface area contributed by atoms with Gasteiger partial charge in [-0.15, -0.1) is 0 Å². The van der Waals surface area contributed by atoms with Crippen LogP contribution in [0.5, 0.6) is 0 Å². The molecule has 2 aromatic rings. The maximum absolute atomic E-state index is 5.24. The second kappa shape index (κ2) is 7.03. The second-order valence-electron chi connectivity index (χ2n) is 3.68. The molecule has 2 aromatic carbocycles. The summed E-state index contributed by atoms with van der Waals surface area (Å²) in [5.74, 6) is 0.878. The van der Waals surface area contributed by atoms with Crippen LogP contribution in [0.2, 0.25) is 0 Å². The van der Waals surface area contributed by atoms with Crippen LogP contribution in [-0.4, -0.2) is 4.32 Å². The van der Waals surface area contributed by atoms with Gasteiger partial charge in [0.05, 0.1) is 5.69 Å². The first-order valence-corrected chi connectivity index (χ1v) is 7.02. The summed E-state index contributed by atoms with van der Waals surface area (Å²) in [6, 6.07) is 20.2. The van der Waals surface area contributed by atoms with E-state index < -0.39 is 0 Å². The third kappa shape index (κ3) is 4.39. The minimum atomic E-state index is 0.739. The highest BCUT2D eigenvalue weighted by atomic mass is 32.2. The van der Waals surface area contributed by atoms with Gasteiger partial charge < -0.3 is 0 Å². The van der Waals surface area contributed by atoms with E-state index in [-0.39, 0.29) is 0 Å². The summed E-state index contributed by atoms with van der Waals surface area (Å²) in [5.41, 5.74) is 8.35. The Morgan fingerprint density at radius 1 is 0.944 bits per heavy atom. The number of thioether (sulfide) groups is 1. The number of para-hydroxylation sites is 1. The number of hydrogen-bond donors (Lipinski definition) is 2. The average molecular weight is 274 g/mol. The Labute approximate surface area is 117 Å². The minimum absolute atomic E-state index is 0.739. The van der Waals surface area contributed by atoms with E-state index in [1.54, 1.807) is 11.8 Å². The highest BCUT2D eigenvalue weighted by molar-refractivity contribution is 8.22. The van der Waals surface area contributed by atoms with E-state index in [4.69, 9.17) is 12.2 Å². The lowest BCUT2D eigenvalue weighted by molar-refractivity contribution is 1.16. The van der Waals surface area contributed by atoms with E-state index in [0.717, 1.165) is 15.8 Å². The summed E-state index contributed by atoms with van der Waals surface area (Å²) in [6.45, 7) is 0. The van der Waals surface area contributed by atoms with Gasteiger partial charge in [0, 0.05) is 5.75 Å². The predicted octanol–water partition coefficient (Wildman–Crippen LogP) is 3.82. The van der Waals surface area contributed by atoms with Crippen LogP contribution >= 0.6 is 24.0 Å². The largest absolute Gasteiger partial charge is 0.300 e. The zero-order valence-electron chi connectivity index (χ0n) is 9.80. The topological polar surface area (TPSA) is 24.1 Å². The third-order valence-electron chi connectivity index (χ3n) is 2.30. The summed E-state index contributed by atoms with van der Waals surface area (Å²) in [6.07, 6.45) is 0. The van der Waals surface area contributed by atoms with Gasteiger partial charge >= 0.3 is 0 Å². The van der Waals surface area contributed by atoms with Crippen molar-refractivity contribution in [2.75, 3.05) is 5.43 Å².